The topological polar surface area (TPSA) is 68.3 Å². The molecule has 0 aliphatic carbocycles. The van der Waals surface area contributed by atoms with Crippen molar-refractivity contribution in [2.24, 2.45) is 17.6 Å². The van der Waals surface area contributed by atoms with Gasteiger partial charge in [0.25, 0.3) is 5.91 Å². The monoisotopic (exact) mass is 313 g/mol. The predicted molar refractivity (Wildman–Crippen MR) is 90.0 cm³/mol. The van der Waals surface area contributed by atoms with E-state index in [0.717, 1.165) is 17.4 Å². The Morgan fingerprint density at radius 3 is 2.70 bits per heavy atom. The average molecular weight is 313 g/mol. The van der Waals surface area contributed by atoms with E-state index in [9.17, 15) is 9.59 Å². The van der Waals surface area contributed by atoms with Crippen molar-refractivity contribution >= 4 is 22.7 Å². The van der Waals surface area contributed by atoms with Gasteiger partial charge in [-0.1, -0.05) is 32.0 Å². The second-order valence-electron chi connectivity index (χ2n) is 6.75. The fourth-order valence-electron chi connectivity index (χ4n) is 3.31. The number of fused-ring (bicyclic) bond motifs is 1. The molecule has 1 aromatic heterocycles. The van der Waals surface area contributed by atoms with Crippen molar-refractivity contribution < 1.29 is 9.59 Å². The zero-order valence-corrected chi connectivity index (χ0v) is 13.7. The highest BCUT2D eigenvalue weighted by Crippen LogP contribution is 2.26. The molecular formula is C18H23N3O2. The number of benzene rings is 1. The molecular weight excluding hydrogens is 290 g/mol. The molecule has 1 atom stereocenters. The van der Waals surface area contributed by atoms with Crippen LogP contribution in [0.15, 0.2) is 30.5 Å². The molecule has 2 amide bonds. The number of para-hydroxylation sites is 1. The third-order valence-corrected chi connectivity index (χ3v) is 4.46. The lowest BCUT2D eigenvalue weighted by Crippen LogP contribution is -2.31. The van der Waals surface area contributed by atoms with Gasteiger partial charge < -0.3 is 15.2 Å². The Kier molecular flexibility index (Phi) is 4.11. The first-order chi connectivity index (χ1) is 11.0. The maximum atomic E-state index is 12.9. The molecule has 0 radical (unpaired) electrons. The largest absolute Gasteiger partial charge is 0.369 e. The molecule has 5 nitrogen and oxygen atoms in total. The molecule has 122 valence electrons. The van der Waals surface area contributed by atoms with E-state index in [1.54, 1.807) is 4.90 Å². The molecule has 3 rings (SSSR count). The zero-order chi connectivity index (χ0) is 16.6. The molecule has 2 heterocycles. The Morgan fingerprint density at radius 1 is 1.30 bits per heavy atom. The molecule has 0 spiro atoms. The van der Waals surface area contributed by atoms with E-state index >= 15 is 0 Å². The van der Waals surface area contributed by atoms with Gasteiger partial charge in [-0.25, -0.2) is 0 Å². The summed E-state index contributed by atoms with van der Waals surface area (Å²) in [5, 5.41) is 0.973. The summed E-state index contributed by atoms with van der Waals surface area (Å²) in [6.07, 6.45) is 2.61. The lowest BCUT2D eigenvalue weighted by Gasteiger charge is -2.15. The molecule has 2 N–H and O–H groups in total. The van der Waals surface area contributed by atoms with Crippen LogP contribution in [0.1, 0.15) is 30.6 Å². The standard InChI is InChI=1S/C18H23N3O2/c1-12(2)9-21-11-15(14-5-3-4-6-16(14)21)18(23)20-8-7-13(10-20)17(19)22/h3-6,11-13H,7-10H2,1-2H3,(H2,19,22). The van der Waals surface area contributed by atoms with Crippen LogP contribution in [-0.4, -0.2) is 34.4 Å². The highest BCUT2D eigenvalue weighted by Gasteiger charge is 2.31. The number of amides is 2. The number of nitrogens with zero attached hydrogens (tertiary/aromatic N) is 2. The highest BCUT2D eigenvalue weighted by atomic mass is 16.2. The lowest BCUT2D eigenvalue weighted by molar-refractivity contribution is -0.121. The zero-order valence-electron chi connectivity index (χ0n) is 13.7. The molecule has 0 saturated carbocycles. The summed E-state index contributed by atoms with van der Waals surface area (Å²) in [5.41, 5.74) is 7.16. The quantitative estimate of drug-likeness (QED) is 0.940. The van der Waals surface area contributed by atoms with Crippen LogP contribution < -0.4 is 5.73 Å². The van der Waals surface area contributed by atoms with Crippen molar-refractivity contribution in [1.82, 2.24) is 9.47 Å². The van der Waals surface area contributed by atoms with Gasteiger partial charge in [0.2, 0.25) is 5.91 Å². The molecule has 2 aromatic rings. The van der Waals surface area contributed by atoms with Crippen LogP contribution in [0.25, 0.3) is 10.9 Å². The second-order valence-corrected chi connectivity index (χ2v) is 6.75. The van der Waals surface area contributed by atoms with Crippen molar-refractivity contribution in [3.05, 3.63) is 36.0 Å². The molecule has 1 unspecified atom stereocenters. The van der Waals surface area contributed by atoms with Gasteiger partial charge >= 0.3 is 0 Å². The van der Waals surface area contributed by atoms with Crippen LogP contribution in [0, 0.1) is 11.8 Å². The number of aromatic nitrogens is 1. The Morgan fingerprint density at radius 2 is 2.04 bits per heavy atom. The molecule has 1 fully saturated rings. The number of rotatable bonds is 4. The minimum absolute atomic E-state index is 0.00699. The number of hydrogen-bond acceptors (Lipinski definition) is 2. The van der Waals surface area contributed by atoms with Gasteiger partial charge in [-0.3, -0.25) is 9.59 Å². The predicted octanol–water partition coefficient (Wildman–Crippen LogP) is 2.24. The Bertz CT molecular complexity index is 748. The third kappa shape index (κ3) is 2.96. The normalized spacial score (nSPS) is 18.0. The van der Waals surface area contributed by atoms with Crippen LogP contribution in [0.4, 0.5) is 0 Å². The summed E-state index contributed by atoms with van der Waals surface area (Å²) in [6.45, 7) is 6.22. The van der Waals surface area contributed by atoms with Crippen molar-refractivity contribution in [1.29, 1.82) is 0 Å². The van der Waals surface area contributed by atoms with Gasteiger partial charge in [-0.05, 0) is 18.4 Å². The first-order valence-electron chi connectivity index (χ1n) is 8.14. The summed E-state index contributed by atoms with van der Waals surface area (Å²) in [7, 11) is 0. The van der Waals surface area contributed by atoms with Gasteiger partial charge in [-0.15, -0.1) is 0 Å². The minimum Gasteiger partial charge on any atom is -0.369 e. The fraction of sp³-hybridized carbons (Fsp3) is 0.444. The minimum atomic E-state index is -0.317. The van der Waals surface area contributed by atoms with Crippen LogP contribution >= 0.6 is 0 Å². The molecule has 1 aliphatic heterocycles. The maximum Gasteiger partial charge on any atom is 0.256 e. The molecule has 0 bridgehead atoms. The number of hydrogen-bond donors (Lipinski definition) is 1. The van der Waals surface area contributed by atoms with E-state index in [0.29, 0.717) is 31.0 Å². The van der Waals surface area contributed by atoms with Crippen molar-refractivity contribution in [2.45, 2.75) is 26.8 Å². The van der Waals surface area contributed by atoms with Crippen LogP contribution in [0.2, 0.25) is 0 Å². The van der Waals surface area contributed by atoms with Gasteiger partial charge in [0, 0.05) is 36.7 Å². The highest BCUT2D eigenvalue weighted by molar-refractivity contribution is 6.07. The molecule has 1 aromatic carbocycles. The van der Waals surface area contributed by atoms with Gasteiger partial charge in [0.05, 0.1) is 11.5 Å². The van der Waals surface area contributed by atoms with Crippen LogP contribution in [-0.2, 0) is 11.3 Å². The van der Waals surface area contributed by atoms with E-state index < -0.39 is 0 Å². The van der Waals surface area contributed by atoms with E-state index in [-0.39, 0.29) is 17.7 Å². The number of primary amides is 1. The smallest absolute Gasteiger partial charge is 0.256 e. The van der Waals surface area contributed by atoms with Crippen LogP contribution in [0.3, 0.4) is 0 Å². The fourth-order valence-corrected chi connectivity index (χ4v) is 3.31. The number of carbonyl (C=O) groups excluding carboxylic acids is 2. The second kappa shape index (κ2) is 6.07. The third-order valence-electron chi connectivity index (χ3n) is 4.46. The van der Waals surface area contributed by atoms with E-state index in [2.05, 4.69) is 18.4 Å². The van der Waals surface area contributed by atoms with E-state index in [4.69, 9.17) is 5.73 Å². The molecule has 5 heteroatoms. The number of likely N-dealkylation sites (tertiary alicyclic amines) is 1. The Balaban J connectivity index is 1.93. The summed E-state index contributed by atoms with van der Waals surface area (Å²) in [5.74, 6) is -0.0438. The SMILES string of the molecule is CC(C)Cn1cc(C(=O)N2CCC(C(N)=O)C2)c2ccccc21. The Hall–Kier alpha value is -2.30. The molecule has 23 heavy (non-hydrogen) atoms. The van der Waals surface area contributed by atoms with Crippen molar-refractivity contribution in [3.8, 4) is 0 Å². The maximum absolute atomic E-state index is 12.9. The summed E-state index contributed by atoms with van der Waals surface area (Å²) in [6, 6.07) is 7.98. The Labute approximate surface area is 136 Å². The first kappa shape index (κ1) is 15.6. The summed E-state index contributed by atoms with van der Waals surface area (Å²) in [4.78, 5) is 26.0. The van der Waals surface area contributed by atoms with Gasteiger partial charge in [-0.2, -0.15) is 0 Å². The van der Waals surface area contributed by atoms with E-state index in [1.165, 1.54) is 0 Å². The van der Waals surface area contributed by atoms with E-state index in [1.807, 2.05) is 30.5 Å². The van der Waals surface area contributed by atoms with Crippen molar-refractivity contribution in [2.75, 3.05) is 13.1 Å². The summed E-state index contributed by atoms with van der Waals surface area (Å²) < 4.78 is 2.15. The lowest BCUT2D eigenvalue weighted by atomic mass is 10.1. The van der Waals surface area contributed by atoms with Gasteiger partial charge in [0.15, 0.2) is 0 Å². The van der Waals surface area contributed by atoms with Crippen molar-refractivity contribution in [3.63, 3.8) is 0 Å². The molecule has 1 aliphatic rings. The molecule has 1 saturated heterocycles. The number of carbonyl (C=O) groups is 2. The first-order valence-corrected chi connectivity index (χ1v) is 8.14. The van der Waals surface area contributed by atoms with Crippen LogP contribution in [0.5, 0.6) is 0 Å². The summed E-state index contributed by atoms with van der Waals surface area (Å²) >= 11 is 0. The number of nitrogens with two attached hydrogens (primary N) is 1. The average Bonchev–Trinajstić information content (AvgIpc) is 3.12. The van der Waals surface area contributed by atoms with Gasteiger partial charge in [0.1, 0.15) is 0 Å².